The standard InChI is InChI=1S/C16H30O4/c1-5-7-8-10-14(20-15(17)6-2)11-9-12-16(18)19-13(3)4/h13-14H,5-12H2,1-4H3. The minimum atomic E-state index is -0.172. The summed E-state index contributed by atoms with van der Waals surface area (Å²) in [6.45, 7) is 7.63. The smallest absolute Gasteiger partial charge is 0.306 e. The Bertz CT molecular complexity index is 274. The number of hydrogen-bond donors (Lipinski definition) is 0. The van der Waals surface area contributed by atoms with Gasteiger partial charge in [-0.15, -0.1) is 0 Å². The Labute approximate surface area is 123 Å². The van der Waals surface area contributed by atoms with Gasteiger partial charge in [0.25, 0.3) is 0 Å². The molecule has 1 unspecified atom stereocenters. The topological polar surface area (TPSA) is 52.6 Å². The lowest BCUT2D eigenvalue weighted by Crippen LogP contribution is -2.19. The average molecular weight is 286 g/mol. The van der Waals surface area contributed by atoms with Crippen molar-refractivity contribution in [3.05, 3.63) is 0 Å². The summed E-state index contributed by atoms with van der Waals surface area (Å²) in [5.41, 5.74) is 0. The molecule has 20 heavy (non-hydrogen) atoms. The summed E-state index contributed by atoms with van der Waals surface area (Å²) < 4.78 is 10.5. The zero-order valence-electron chi connectivity index (χ0n) is 13.4. The first-order chi connectivity index (χ1) is 9.49. The molecule has 0 aromatic heterocycles. The quantitative estimate of drug-likeness (QED) is 0.425. The van der Waals surface area contributed by atoms with Crippen molar-refractivity contribution in [3.63, 3.8) is 0 Å². The highest BCUT2D eigenvalue weighted by Gasteiger charge is 2.14. The van der Waals surface area contributed by atoms with Crippen LogP contribution < -0.4 is 0 Å². The largest absolute Gasteiger partial charge is 0.463 e. The summed E-state index contributed by atoms with van der Waals surface area (Å²) in [7, 11) is 0. The van der Waals surface area contributed by atoms with Crippen LogP contribution in [0.25, 0.3) is 0 Å². The maximum absolute atomic E-state index is 11.4. The van der Waals surface area contributed by atoms with Crippen LogP contribution in [0, 0.1) is 0 Å². The third kappa shape index (κ3) is 10.8. The van der Waals surface area contributed by atoms with Gasteiger partial charge < -0.3 is 9.47 Å². The van der Waals surface area contributed by atoms with E-state index in [1.54, 1.807) is 6.92 Å². The molecule has 0 fully saturated rings. The average Bonchev–Trinajstić information content (AvgIpc) is 2.37. The van der Waals surface area contributed by atoms with Crippen molar-refractivity contribution < 1.29 is 19.1 Å². The lowest BCUT2D eigenvalue weighted by Gasteiger charge is -2.17. The predicted octanol–water partition coefficient (Wildman–Crippen LogP) is 4.01. The monoisotopic (exact) mass is 286 g/mol. The van der Waals surface area contributed by atoms with Crippen molar-refractivity contribution in [1.82, 2.24) is 0 Å². The van der Waals surface area contributed by atoms with E-state index >= 15 is 0 Å². The highest BCUT2D eigenvalue weighted by molar-refractivity contribution is 5.69. The zero-order valence-corrected chi connectivity index (χ0v) is 13.4. The Balaban J connectivity index is 4.01. The first-order valence-corrected chi connectivity index (χ1v) is 7.88. The molecule has 0 aliphatic carbocycles. The highest BCUT2D eigenvalue weighted by Crippen LogP contribution is 2.15. The van der Waals surface area contributed by atoms with Gasteiger partial charge in [-0.05, 0) is 39.5 Å². The molecule has 4 nitrogen and oxygen atoms in total. The van der Waals surface area contributed by atoms with Gasteiger partial charge in [-0.3, -0.25) is 9.59 Å². The molecule has 0 heterocycles. The molecule has 0 rings (SSSR count). The lowest BCUT2D eigenvalue weighted by molar-refractivity contribution is -0.149. The van der Waals surface area contributed by atoms with Gasteiger partial charge >= 0.3 is 11.9 Å². The summed E-state index contributed by atoms with van der Waals surface area (Å²) in [5, 5.41) is 0. The number of carbonyl (C=O) groups excluding carboxylic acids is 2. The van der Waals surface area contributed by atoms with Gasteiger partial charge in [-0.1, -0.05) is 26.7 Å². The molecule has 0 saturated heterocycles. The molecule has 118 valence electrons. The number of carbonyl (C=O) groups is 2. The van der Waals surface area contributed by atoms with Crippen LogP contribution in [0.2, 0.25) is 0 Å². The summed E-state index contributed by atoms with van der Waals surface area (Å²) in [4.78, 5) is 22.8. The Morgan fingerprint density at radius 3 is 2.10 bits per heavy atom. The number of rotatable bonds is 11. The van der Waals surface area contributed by atoms with Crippen molar-refractivity contribution in [3.8, 4) is 0 Å². The summed E-state index contributed by atoms with van der Waals surface area (Å²) >= 11 is 0. The Morgan fingerprint density at radius 2 is 1.55 bits per heavy atom. The van der Waals surface area contributed by atoms with Gasteiger partial charge in [0, 0.05) is 12.8 Å². The summed E-state index contributed by atoms with van der Waals surface area (Å²) in [5.74, 6) is -0.328. The Kier molecular flexibility index (Phi) is 11.1. The number of esters is 2. The van der Waals surface area contributed by atoms with E-state index in [1.807, 2.05) is 13.8 Å². The number of ether oxygens (including phenoxy) is 2. The van der Waals surface area contributed by atoms with Gasteiger partial charge in [-0.25, -0.2) is 0 Å². The molecule has 4 heteroatoms. The molecule has 0 aliphatic rings. The van der Waals surface area contributed by atoms with Gasteiger partial charge in [0.1, 0.15) is 6.10 Å². The van der Waals surface area contributed by atoms with E-state index in [-0.39, 0.29) is 24.1 Å². The van der Waals surface area contributed by atoms with Crippen LogP contribution in [0.4, 0.5) is 0 Å². The molecule has 0 spiro atoms. The van der Waals surface area contributed by atoms with Crippen molar-refractivity contribution in [2.75, 3.05) is 0 Å². The first kappa shape index (κ1) is 18.9. The molecular weight excluding hydrogens is 256 g/mol. The molecule has 0 aromatic carbocycles. The van der Waals surface area contributed by atoms with Crippen LogP contribution in [0.15, 0.2) is 0 Å². The van der Waals surface area contributed by atoms with Crippen molar-refractivity contribution >= 4 is 11.9 Å². The first-order valence-electron chi connectivity index (χ1n) is 7.88. The Hall–Kier alpha value is -1.06. The fourth-order valence-corrected chi connectivity index (χ4v) is 1.95. The fraction of sp³-hybridized carbons (Fsp3) is 0.875. The van der Waals surface area contributed by atoms with Crippen LogP contribution in [-0.2, 0) is 19.1 Å². The SMILES string of the molecule is CCCCCC(CCCC(=O)OC(C)C)OC(=O)CC. The number of hydrogen-bond acceptors (Lipinski definition) is 4. The van der Waals surface area contributed by atoms with Crippen molar-refractivity contribution in [2.24, 2.45) is 0 Å². The molecular formula is C16H30O4. The third-order valence-corrected chi connectivity index (χ3v) is 2.99. The maximum Gasteiger partial charge on any atom is 0.306 e. The third-order valence-electron chi connectivity index (χ3n) is 2.99. The highest BCUT2D eigenvalue weighted by atomic mass is 16.5. The molecule has 1 atom stereocenters. The van der Waals surface area contributed by atoms with E-state index in [0.717, 1.165) is 32.1 Å². The van der Waals surface area contributed by atoms with Crippen molar-refractivity contribution in [1.29, 1.82) is 0 Å². The zero-order chi connectivity index (χ0) is 15.4. The van der Waals surface area contributed by atoms with Gasteiger partial charge in [0.05, 0.1) is 6.10 Å². The second-order valence-corrected chi connectivity index (χ2v) is 5.39. The summed E-state index contributed by atoms with van der Waals surface area (Å²) in [6.07, 6.45) is 6.37. The molecule has 0 saturated carbocycles. The van der Waals surface area contributed by atoms with Crippen LogP contribution in [0.1, 0.15) is 79.1 Å². The van der Waals surface area contributed by atoms with E-state index < -0.39 is 0 Å². The molecule has 0 bridgehead atoms. The second kappa shape index (κ2) is 11.7. The van der Waals surface area contributed by atoms with Crippen LogP contribution >= 0.6 is 0 Å². The summed E-state index contributed by atoms with van der Waals surface area (Å²) in [6, 6.07) is 0. The van der Waals surface area contributed by atoms with E-state index in [0.29, 0.717) is 19.3 Å². The maximum atomic E-state index is 11.4. The van der Waals surface area contributed by atoms with Crippen LogP contribution in [-0.4, -0.2) is 24.1 Å². The van der Waals surface area contributed by atoms with Gasteiger partial charge in [-0.2, -0.15) is 0 Å². The number of unbranched alkanes of at least 4 members (excludes halogenated alkanes) is 2. The van der Waals surface area contributed by atoms with Crippen LogP contribution in [0.3, 0.4) is 0 Å². The van der Waals surface area contributed by atoms with E-state index in [9.17, 15) is 9.59 Å². The predicted molar refractivity (Wildman–Crippen MR) is 79.4 cm³/mol. The minimum absolute atomic E-state index is 0.0548. The molecule has 0 amide bonds. The second-order valence-electron chi connectivity index (χ2n) is 5.39. The minimum Gasteiger partial charge on any atom is -0.463 e. The lowest BCUT2D eigenvalue weighted by atomic mass is 10.0. The van der Waals surface area contributed by atoms with Crippen LogP contribution in [0.5, 0.6) is 0 Å². The van der Waals surface area contributed by atoms with E-state index in [1.165, 1.54) is 0 Å². The van der Waals surface area contributed by atoms with E-state index in [4.69, 9.17) is 9.47 Å². The van der Waals surface area contributed by atoms with E-state index in [2.05, 4.69) is 6.92 Å². The molecule has 0 aliphatic heterocycles. The van der Waals surface area contributed by atoms with Crippen molar-refractivity contribution in [2.45, 2.75) is 91.3 Å². The molecule has 0 radical (unpaired) electrons. The van der Waals surface area contributed by atoms with Gasteiger partial charge in [0.2, 0.25) is 0 Å². The normalized spacial score (nSPS) is 12.2. The Morgan fingerprint density at radius 1 is 0.900 bits per heavy atom. The fourth-order valence-electron chi connectivity index (χ4n) is 1.95. The molecule has 0 aromatic rings. The van der Waals surface area contributed by atoms with Gasteiger partial charge in [0.15, 0.2) is 0 Å². The molecule has 0 N–H and O–H groups in total.